The summed E-state index contributed by atoms with van der Waals surface area (Å²) in [7, 11) is 0. The van der Waals surface area contributed by atoms with Gasteiger partial charge in [0.15, 0.2) is 0 Å². The lowest BCUT2D eigenvalue weighted by molar-refractivity contribution is 0.0467. The summed E-state index contributed by atoms with van der Waals surface area (Å²) in [4.78, 5) is 11.7. The van der Waals surface area contributed by atoms with Crippen molar-refractivity contribution in [3.63, 3.8) is 0 Å². The zero-order chi connectivity index (χ0) is 13.0. The molecule has 0 heterocycles. The largest absolute Gasteiger partial charge is 0.457 e. The molecule has 0 aliphatic rings. The van der Waals surface area contributed by atoms with Crippen LogP contribution in [-0.2, 0) is 11.3 Å². The average molecular weight is 265 g/mol. The summed E-state index contributed by atoms with van der Waals surface area (Å²) < 4.78 is 18.5. The van der Waals surface area contributed by atoms with Gasteiger partial charge in [-0.25, -0.2) is 9.18 Å². The van der Waals surface area contributed by atoms with Gasteiger partial charge in [0, 0.05) is 0 Å². The van der Waals surface area contributed by atoms with Crippen molar-refractivity contribution >= 4 is 17.6 Å². The smallest absolute Gasteiger partial charge is 0.342 e. The minimum Gasteiger partial charge on any atom is -0.457 e. The van der Waals surface area contributed by atoms with Crippen LogP contribution in [0, 0.1) is 5.82 Å². The van der Waals surface area contributed by atoms with Crippen LogP contribution < -0.4 is 0 Å². The Morgan fingerprint density at radius 1 is 1.11 bits per heavy atom. The molecule has 0 aliphatic carbocycles. The molecule has 0 aromatic heterocycles. The number of esters is 1. The number of carbonyl (C=O) groups excluding carboxylic acids is 1. The van der Waals surface area contributed by atoms with Crippen LogP contribution in [0.15, 0.2) is 48.5 Å². The predicted molar refractivity (Wildman–Crippen MR) is 67.0 cm³/mol. The highest BCUT2D eigenvalue weighted by Gasteiger charge is 2.16. The van der Waals surface area contributed by atoms with Gasteiger partial charge in [0.05, 0.1) is 5.02 Å². The van der Waals surface area contributed by atoms with Gasteiger partial charge in [0.2, 0.25) is 0 Å². The number of halogens is 2. The van der Waals surface area contributed by atoms with Gasteiger partial charge >= 0.3 is 5.97 Å². The molecule has 2 aromatic rings. The molecule has 92 valence electrons. The van der Waals surface area contributed by atoms with E-state index in [0.29, 0.717) is 0 Å². The Kier molecular flexibility index (Phi) is 3.95. The Bertz CT molecular complexity index is 535. The van der Waals surface area contributed by atoms with Crippen molar-refractivity contribution in [3.05, 3.63) is 70.5 Å². The fraction of sp³-hybridized carbons (Fsp3) is 0.0714. The fourth-order valence-electron chi connectivity index (χ4n) is 1.49. The van der Waals surface area contributed by atoms with Crippen LogP contribution in [0.1, 0.15) is 15.9 Å². The molecule has 0 saturated heterocycles. The predicted octanol–water partition coefficient (Wildman–Crippen LogP) is 3.84. The topological polar surface area (TPSA) is 26.3 Å². The molecule has 4 heteroatoms. The molecule has 0 aliphatic heterocycles. The SMILES string of the molecule is O=C(OCc1ccccc1)c1c(F)cccc1Cl. The summed E-state index contributed by atoms with van der Waals surface area (Å²) in [5, 5.41) is 0.0491. The molecule has 0 saturated carbocycles. The molecule has 0 spiro atoms. The third kappa shape index (κ3) is 2.87. The van der Waals surface area contributed by atoms with Crippen molar-refractivity contribution in [2.45, 2.75) is 6.61 Å². The summed E-state index contributed by atoms with van der Waals surface area (Å²) in [6, 6.07) is 13.2. The first-order valence-electron chi connectivity index (χ1n) is 5.33. The molecular formula is C14H10ClFO2. The van der Waals surface area contributed by atoms with Gasteiger partial charge in [-0.2, -0.15) is 0 Å². The first-order valence-corrected chi connectivity index (χ1v) is 5.71. The molecule has 0 atom stereocenters. The van der Waals surface area contributed by atoms with E-state index >= 15 is 0 Å². The first-order chi connectivity index (χ1) is 8.68. The van der Waals surface area contributed by atoms with E-state index in [4.69, 9.17) is 16.3 Å². The van der Waals surface area contributed by atoms with Crippen LogP contribution in [0.25, 0.3) is 0 Å². The van der Waals surface area contributed by atoms with Gasteiger partial charge in [0.25, 0.3) is 0 Å². The van der Waals surface area contributed by atoms with Crippen LogP contribution in [0.3, 0.4) is 0 Å². The lowest BCUT2D eigenvalue weighted by Gasteiger charge is -2.07. The van der Waals surface area contributed by atoms with E-state index < -0.39 is 11.8 Å². The molecule has 2 rings (SSSR count). The lowest BCUT2D eigenvalue weighted by atomic mass is 10.2. The van der Waals surface area contributed by atoms with Gasteiger partial charge in [0.1, 0.15) is 18.0 Å². The average Bonchev–Trinajstić information content (AvgIpc) is 2.37. The molecule has 0 bridgehead atoms. The molecule has 18 heavy (non-hydrogen) atoms. The van der Waals surface area contributed by atoms with Gasteiger partial charge in [-0.3, -0.25) is 0 Å². The monoisotopic (exact) mass is 264 g/mol. The maximum atomic E-state index is 13.4. The maximum Gasteiger partial charge on any atom is 0.342 e. The maximum absolute atomic E-state index is 13.4. The second-order valence-electron chi connectivity index (χ2n) is 3.66. The van der Waals surface area contributed by atoms with Crippen molar-refractivity contribution in [2.75, 3.05) is 0 Å². The number of ether oxygens (including phenoxy) is 1. The quantitative estimate of drug-likeness (QED) is 0.788. The molecule has 2 nitrogen and oxygen atoms in total. The van der Waals surface area contributed by atoms with Crippen molar-refractivity contribution in [1.29, 1.82) is 0 Å². The lowest BCUT2D eigenvalue weighted by Crippen LogP contribution is -2.08. The van der Waals surface area contributed by atoms with Crippen LogP contribution >= 0.6 is 11.6 Å². The Balaban J connectivity index is 2.09. The van der Waals surface area contributed by atoms with E-state index in [0.717, 1.165) is 5.56 Å². The number of carbonyl (C=O) groups is 1. The third-order valence-electron chi connectivity index (χ3n) is 2.38. The Labute approximate surface area is 109 Å². The minimum atomic E-state index is -0.762. The van der Waals surface area contributed by atoms with E-state index in [1.165, 1.54) is 18.2 Å². The van der Waals surface area contributed by atoms with Crippen molar-refractivity contribution in [2.24, 2.45) is 0 Å². The van der Waals surface area contributed by atoms with E-state index in [1.807, 2.05) is 30.3 Å². The third-order valence-corrected chi connectivity index (χ3v) is 2.69. The number of rotatable bonds is 3. The molecular weight excluding hydrogens is 255 g/mol. The van der Waals surface area contributed by atoms with Gasteiger partial charge < -0.3 is 4.74 Å². The second-order valence-corrected chi connectivity index (χ2v) is 4.07. The molecule has 0 fully saturated rings. The number of hydrogen-bond donors (Lipinski definition) is 0. The van der Waals surface area contributed by atoms with E-state index in [9.17, 15) is 9.18 Å². The Hall–Kier alpha value is -1.87. The van der Waals surface area contributed by atoms with E-state index in [-0.39, 0.29) is 17.2 Å². The zero-order valence-electron chi connectivity index (χ0n) is 9.40. The molecule has 0 radical (unpaired) electrons. The van der Waals surface area contributed by atoms with Crippen molar-refractivity contribution < 1.29 is 13.9 Å². The normalized spacial score (nSPS) is 10.1. The zero-order valence-corrected chi connectivity index (χ0v) is 10.2. The summed E-state index contributed by atoms with van der Waals surface area (Å²) in [5.74, 6) is -1.44. The fourth-order valence-corrected chi connectivity index (χ4v) is 1.73. The van der Waals surface area contributed by atoms with Crippen LogP contribution in [-0.4, -0.2) is 5.97 Å². The summed E-state index contributed by atoms with van der Waals surface area (Å²) >= 11 is 5.77. The summed E-state index contributed by atoms with van der Waals surface area (Å²) in [6.07, 6.45) is 0. The molecule has 0 unspecified atom stereocenters. The highest BCUT2D eigenvalue weighted by atomic mass is 35.5. The molecule has 2 aromatic carbocycles. The summed E-state index contributed by atoms with van der Waals surface area (Å²) in [5.41, 5.74) is 0.605. The van der Waals surface area contributed by atoms with Crippen LogP contribution in [0.4, 0.5) is 4.39 Å². The molecule has 0 N–H and O–H groups in total. The van der Waals surface area contributed by atoms with Gasteiger partial charge in [-0.05, 0) is 17.7 Å². The Morgan fingerprint density at radius 2 is 1.83 bits per heavy atom. The van der Waals surface area contributed by atoms with Crippen molar-refractivity contribution in [1.82, 2.24) is 0 Å². The van der Waals surface area contributed by atoms with Crippen LogP contribution in [0.5, 0.6) is 0 Å². The van der Waals surface area contributed by atoms with E-state index in [2.05, 4.69) is 0 Å². The van der Waals surface area contributed by atoms with E-state index in [1.54, 1.807) is 0 Å². The highest BCUT2D eigenvalue weighted by molar-refractivity contribution is 6.33. The van der Waals surface area contributed by atoms with Gasteiger partial charge in [-0.15, -0.1) is 0 Å². The van der Waals surface area contributed by atoms with Gasteiger partial charge in [-0.1, -0.05) is 48.0 Å². The van der Waals surface area contributed by atoms with Crippen LogP contribution in [0.2, 0.25) is 5.02 Å². The number of benzene rings is 2. The standard InChI is InChI=1S/C14H10ClFO2/c15-11-7-4-8-12(16)13(11)14(17)18-9-10-5-2-1-3-6-10/h1-8H,9H2. The minimum absolute atomic E-state index is 0.0491. The molecule has 0 amide bonds. The van der Waals surface area contributed by atoms with Crippen molar-refractivity contribution in [3.8, 4) is 0 Å². The first kappa shape index (κ1) is 12.6. The summed E-state index contributed by atoms with van der Waals surface area (Å²) in [6.45, 7) is 0.0876. The highest BCUT2D eigenvalue weighted by Crippen LogP contribution is 2.20. The number of hydrogen-bond acceptors (Lipinski definition) is 2. The Morgan fingerprint density at radius 3 is 2.50 bits per heavy atom. The second kappa shape index (κ2) is 5.65.